The second-order valence-corrected chi connectivity index (χ2v) is 5.03. The summed E-state index contributed by atoms with van der Waals surface area (Å²) in [6, 6.07) is 9.68. The molecule has 0 unspecified atom stereocenters. The molecule has 3 aromatic heterocycles. The number of nitrogens with one attached hydrogen (secondary N) is 2. The number of fused-ring (bicyclic) bond motifs is 1. The predicted molar refractivity (Wildman–Crippen MR) is 90.7 cm³/mol. The van der Waals surface area contributed by atoms with Crippen molar-refractivity contribution in [3.8, 4) is 17.3 Å². The molecule has 1 aromatic carbocycles. The van der Waals surface area contributed by atoms with Gasteiger partial charge in [0.1, 0.15) is 11.5 Å². The van der Waals surface area contributed by atoms with Gasteiger partial charge in [0.25, 0.3) is 0 Å². The van der Waals surface area contributed by atoms with Crippen molar-refractivity contribution in [2.24, 2.45) is 0 Å². The fourth-order valence-corrected chi connectivity index (χ4v) is 2.46. The Morgan fingerprint density at radius 2 is 2.12 bits per heavy atom. The van der Waals surface area contributed by atoms with Crippen molar-refractivity contribution in [2.75, 3.05) is 11.9 Å². The van der Waals surface area contributed by atoms with E-state index in [1.54, 1.807) is 18.5 Å². The lowest BCUT2D eigenvalue weighted by Gasteiger charge is -2.08. The Labute approximate surface area is 137 Å². The van der Waals surface area contributed by atoms with Gasteiger partial charge in [0.15, 0.2) is 5.82 Å². The van der Waals surface area contributed by atoms with E-state index in [0.717, 1.165) is 11.0 Å². The highest BCUT2D eigenvalue weighted by Gasteiger charge is 2.17. The molecule has 8 heteroatoms. The van der Waals surface area contributed by atoms with Crippen LogP contribution in [0.25, 0.3) is 28.4 Å². The molecule has 0 fully saturated rings. The van der Waals surface area contributed by atoms with E-state index in [4.69, 9.17) is 0 Å². The number of imidazole rings is 1. The summed E-state index contributed by atoms with van der Waals surface area (Å²) in [6.07, 6.45) is 5.16. The first-order valence-corrected chi connectivity index (χ1v) is 7.39. The molecule has 0 amide bonds. The van der Waals surface area contributed by atoms with Crippen molar-refractivity contribution >= 4 is 17.0 Å². The summed E-state index contributed by atoms with van der Waals surface area (Å²) in [7, 11) is 0. The maximum Gasteiger partial charge on any atom is 0.224 e. The molecule has 0 aliphatic carbocycles. The van der Waals surface area contributed by atoms with Crippen molar-refractivity contribution in [1.29, 1.82) is 0 Å². The smallest absolute Gasteiger partial charge is 0.224 e. The van der Waals surface area contributed by atoms with Crippen LogP contribution in [0.1, 0.15) is 0 Å². The van der Waals surface area contributed by atoms with Crippen LogP contribution in [-0.4, -0.2) is 41.5 Å². The monoisotopic (exact) mass is 318 g/mol. The van der Waals surface area contributed by atoms with Crippen LogP contribution in [0.2, 0.25) is 0 Å². The predicted octanol–water partition coefficient (Wildman–Crippen LogP) is 2.20. The van der Waals surface area contributed by atoms with Crippen molar-refractivity contribution in [2.45, 2.75) is 0 Å². The molecule has 0 spiro atoms. The number of hydrogen-bond acceptors (Lipinski definition) is 6. The van der Waals surface area contributed by atoms with E-state index in [1.807, 2.05) is 34.9 Å². The van der Waals surface area contributed by atoms with Gasteiger partial charge in [0.2, 0.25) is 5.95 Å². The van der Waals surface area contributed by atoms with Gasteiger partial charge in [-0.1, -0.05) is 23.4 Å². The molecule has 8 nitrogen and oxygen atoms in total. The first kappa shape index (κ1) is 14.1. The molecule has 0 bridgehead atoms. The molecule has 0 saturated heterocycles. The van der Waals surface area contributed by atoms with Gasteiger partial charge < -0.3 is 5.32 Å². The van der Waals surface area contributed by atoms with Crippen LogP contribution >= 0.6 is 0 Å². The lowest BCUT2D eigenvalue weighted by Crippen LogP contribution is -2.07. The summed E-state index contributed by atoms with van der Waals surface area (Å²) in [6.45, 7) is 4.27. The average molecular weight is 318 g/mol. The highest BCUT2D eigenvalue weighted by atomic mass is 15.3. The minimum atomic E-state index is 0.524. The largest absolute Gasteiger partial charge is 0.351 e. The van der Waals surface area contributed by atoms with Crippen molar-refractivity contribution in [3.63, 3.8) is 0 Å². The molecule has 0 aliphatic rings. The Hall–Kier alpha value is -3.55. The maximum absolute atomic E-state index is 4.67. The van der Waals surface area contributed by atoms with E-state index >= 15 is 0 Å². The van der Waals surface area contributed by atoms with Gasteiger partial charge >= 0.3 is 0 Å². The van der Waals surface area contributed by atoms with Crippen LogP contribution in [0.5, 0.6) is 0 Å². The van der Waals surface area contributed by atoms with Crippen molar-refractivity contribution in [3.05, 3.63) is 55.4 Å². The summed E-state index contributed by atoms with van der Waals surface area (Å²) in [4.78, 5) is 13.5. The fourth-order valence-electron chi connectivity index (χ4n) is 2.46. The standard InChI is InChI=1S/C16H14N8/c1-2-8-17-16-18-9-7-14(21-16)24-13-6-4-3-5-11(13)20-15(24)12-10-19-23-22-12/h2-7,9-10H,1,8H2,(H,17,18,21)(H,19,22,23). The summed E-state index contributed by atoms with van der Waals surface area (Å²) in [5.74, 6) is 1.89. The molecule has 4 rings (SSSR count). The third-order valence-electron chi connectivity index (χ3n) is 3.48. The minimum Gasteiger partial charge on any atom is -0.351 e. The Morgan fingerprint density at radius 3 is 2.96 bits per heavy atom. The van der Waals surface area contributed by atoms with Gasteiger partial charge in [-0.15, -0.1) is 11.7 Å². The highest BCUT2D eigenvalue weighted by molar-refractivity contribution is 5.82. The highest BCUT2D eigenvalue weighted by Crippen LogP contribution is 2.26. The Bertz CT molecular complexity index is 986. The average Bonchev–Trinajstić information content (AvgIpc) is 3.27. The number of hydrogen-bond donors (Lipinski definition) is 2. The number of aromatic amines is 1. The number of nitrogens with zero attached hydrogens (tertiary/aromatic N) is 6. The van der Waals surface area contributed by atoms with E-state index in [-0.39, 0.29) is 0 Å². The van der Waals surface area contributed by atoms with Gasteiger partial charge in [-0.05, 0) is 18.2 Å². The lowest BCUT2D eigenvalue weighted by atomic mass is 10.3. The van der Waals surface area contributed by atoms with Gasteiger partial charge in [-0.2, -0.15) is 4.98 Å². The molecule has 3 heterocycles. The molecule has 0 aliphatic heterocycles. The molecule has 0 radical (unpaired) electrons. The molecule has 118 valence electrons. The first-order chi connectivity index (χ1) is 11.9. The van der Waals surface area contributed by atoms with Crippen molar-refractivity contribution in [1.82, 2.24) is 34.9 Å². The Balaban J connectivity index is 1.92. The Morgan fingerprint density at radius 1 is 1.21 bits per heavy atom. The fraction of sp³-hybridized carbons (Fsp3) is 0.0625. The molecule has 4 aromatic rings. The molecular formula is C16H14N8. The molecule has 0 saturated carbocycles. The third-order valence-corrected chi connectivity index (χ3v) is 3.48. The van der Waals surface area contributed by atoms with E-state index < -0.39 is 0 Å². The van der Waals surface area contributed by atoms with Crippen LogP contribution in [0.3, 0.4) is 0 Å². The SMILES string of the molecule is C=CCNc1nccc(-n2c(-c3c[nH]nn3)nc3ccccc32)n1. The number of aromatic nitrogens is 7. The second-order valence-electron chi connectivity index (χ2n) is 5.03. The first-order valence-electron chi connectivity index (χ1n) is 7.39. The van der Waals surface area contributed by atoms with Crippen LogP contribution in [0.15, 0.2) is 55.4 Å². The molecule has 2 N–H and O–H groups in total. The molecular weight excluding hydrogens is 304 g/mol. The van der Waals surface area contributed by atoms with Crippen LogP contribution < -0.4 is 5.32 Å². The van der Waals surface area contributed by atoms with Crippen LogP contribution in [-0.2, 0) is 0 Å². The third kappa shape index (κ3) is 2.39. The van der Waals surface area contributed by atoms with Crippen LogP contribution in [0.4, 0.5) is 5.95 Å². The zero-order chi connectivity index (χ0) is 16.4. The summed E-state index contributed by atoms with van der Waals surface area (Å²) in [5, 5.41) is 13.7. The summed E-state index contributed by atoms with van der Waals surface area (Å²) in [5.41, 5.74) is 2.43. The normalized spacial score (nSPS) is 10.8. The summed E-state index contributed by atoms with van der Waals surface area (Å²) >= 11 is 0. The number of benzene rings is 1. The van der Waals surface area contributed by atoms with Gasteiger partial charge in [-0.3, -0.25) is 9.67 Å². The Kier molecular flexibility index (Phi) is 3.47. The van der Waals surface area contributed by atoms with Gasteiger partial charge in [-0.25, -0.2) is 9.97 Å². The number of rotatable bonds is 5. The quantitative estimate of drug-likeness (QED) is 0.548. The van der Waals surface area contributed by atoms with Gasteiger partial charge in [0, 0.05) is 12.7 Å². The molecule has 24 heavy (non-hydrogen) atoms. The van der Waals surface area contributed by atoms with Gasteiger partial charge in [0.05, 0.1) is 17.2 Å². The van der Waals surface area contributed by atoms with E-state index in [1.165, 1.54) is 0 Å². The number of anilines is 1. The zero-order valence-corrected chi connectivity index (χ0v) is 12.7. The topological polar surface area (TPSA) is 97.2 Å². The van der Waals surface area contributed by atoms with E-state index in [2.05, 4.69) is 42.3 Å². The maximum atomic E-state index is 4.67. The minimum absolute atomic E-state index is 0.524. The second kappa shape index (κ2) is 5.92. The number of H-pyrrole nitrogens is 1. The zero-order valence-electron chi connectivity index (χ0n) is 12.7. The molecule has 0 atom stereocenters. The lowest BCUT2D eigenvalue weighted by molar-refractivity contribution is 0.933. The summed E-state index contributed by atoms with van der Waals surface area (Å²) < 4.78 is 1.94. The van der Waals surface area contributed by atoms with E-state index in [9.17, 15) is 0 Å². The van der Waals surface area contributed by atoms with E-state index in [0.29, 0.717) is 29.8 Å². The van der Waals surface area contributed by atoms with Crippen molar-refractivity contribution < 1.29 is 0 Å². The van der Waals surface area contributed by atoms with Crippen LogP contribution in [0, 0.1) is 0 Å². The number of para-hydroxylation sites is 2.